The molecule has 1 N–H and O–H groups in total. The fourth-order valence-corrected chi connectivity index (χ4v) is 1.95. The number of carbonyl (C=O) groups excluding carboxylic acids is 1. The van der Waals surface area contributed by atoms with Crippen LogP contribution < -0.4 is 14.8 Å². The monoisotopic (exact) mass is 336 g/mol. The van der Waals surface area contributed by atoms with Crippen LogP contribution in [0.4, 0.5) is 5.82 Å². The second-order valence-corrected chi connectivity index (χ2v) is 4.71. The molecule has 5 nitrogen and oxygen atoms in total. The van der Waals surface area contributed by atoms with Crippen molar-refractivity contribution in [1.29, 1.82) is 0 Å². The molecule has 0 spiro atoms. The van der Waals surface area contributed by atoms with Crippen molar-refractivity contribution >= 4 is 27.7 Å². The Labute approximate surface area is 125 Å². The first-order chi connectivity index (χ1) is 9.62. The molecule has 2 rings (SSSR count). The fourth-order valence-electron chi connectivity index (χ4n) is 1.60. The summed E-state index contributed by atoms with van der Waals surface area (Å²) in [6.45, 7) is 0. The molecule has 0 unspecified atom stereocenters. The minimum atomic E-state index is -0.284. The van der Waals surface area contributed by atoms with Crippen LogP contribution in [0, 0.1) is 0 Å². The van der Waals surface area contributed by atoms with Crippen molar-refractivity contribution < 1.29 is 14.3 Å². The van der Waals surface area contributed by atoms with E-state index < -0.39 is 0 Å². The van der Waals surface area contributed by atoms with Crippen LogP contribution in [-0.4, -0.2) is 25.1 Å². The van der Waals surface area contributed by atoms with Crippen LogP contribution in [0.1, 0.15) is 10.4 Å². The number of aromatic nitrogens is 1. The molecule has 0 saturated heterocycles. The van der Waals surface area contributed by atoms with Crippen LogP contribution in [0.15, 0.2) is 41.0 Å². The number of carbonyl (C=O) groups is 1. The molecule has 104 valence electrons. The predicted octanol–water partition coefficient (Wildman–Crippen LogP) is 3.11. The number of benzene rings is 1. The number of rotatable bonds is 4. The molecule has 0 fully saturated rings. The van der Waals surface area contributed by atoms with Crippen molar-refractivity contribution in [3.8, 4) is 11.5 Å². The molecule has 6 heteroatoms. The van der Waals surface area contributed by atoms with E-state index in [9.17, 15) is 4.79 Å². The maximum Gasteiger partial charge on any atom is 0.257 e. The smallest absolute Gasteiger partial charge is 0.257 e. The molecule has 1 aromatic carbocycles. The summed E-state index contributed by atoms with van der Waals surface area (Å²) in [5, 5.41) is 2.71. The molecule has 0 aliphatic carbocycles. The summed E-state index contributed by atoms with van der Waals surface area (Å²) < 4.78 is 10.9. The first-order valence-corrected chi connectivity index (χ1v) is 6.58. The van der Waals surface area contributed by atoms with Gasteiger partial charge in [0.15, 0.2) is 0 Å². The lowest BCUT2D eigenvalue weighted by atomic mass is 10.2. The van der Waals surface area contributed by atoms with Gasteiger partial charge in [-0.2, -0.15) is 0 Å². The molecule has 0 aliphatic rings. The average Bonchev–Trinajstić information content (AvgIpc) is 2.46. The zero-order valence-corrected chi connectivity index (χ0v) is 12.6. The summed E-state index contributed by atoms with van der Waals surface area (Å²) >= 11 is 3.25. The Bertz CT molecular complexity index is 609. The van der Waals surface area contributed by atoms with Crippen LogP contribution >= 0.6 is 15.9 Å². The summed E-state index contributed by atoms with van der Waals surface area (Å²) in [7, 11) is 3.07. The van der Waals surface area contributed by atoms with E-state index in [-0.39, 0.29) is 5.91 Å². The molecular formula is C14H13BrN2O3. The number of pyridine rings is 1. The number of hydrogen-bond acceptors (Lipinski definition) is 4. The Morgan fingerprint density at radius 3 is 2.35 bits per heavy atom. The van der Waals surface area contributed by atoms with Crippen molar-refractivity contribution in [3.63, 3.8) is 0 Å². The van der Waals surface area contributed by atoms with Crippen LogP contribution in [-0.2, 0) is 0 Å². The van der Waals surface area contributed by atoms with Gasteiger partial charge in [-0.15, -0.1) is 0 Å². The zero-order chi connectivity index (χ0) is 14.5. The number of ether oxygens (including phenoxy) is 2. The van der Waals surface area contributed by atoms with Gasteiger partial charge >= 0.3 is 0 Å². The number of hydrogen-bond donors (Lipinski definition) is 1. The van der Waals surface area contributed by atoms with Gasteiger partial charge in [-0.25, -0.2) is 4.98 Å². The highest BCUT2D eigenvalue weighted by atomic mass is 79.9. The van der Waals surface area contributed by atoms with Gasteiger partial charge in [0.25, 0.3) is 5.91 Å². The van der Waals surface area contributed by atoms with E-state index >= 15 is 0 Å². The van der Waals surface area contributed by atoms with E-state index in [0.29, 0.717) is 27.5 Å². The highest BCUT2D eigenvalue weighted by molar-refractivity contribution is 9.10. The lowest BCUT2D eigenvalue weighted by Gasteiger charge is -2.09. The first-order valence-electron chi connectivity index (χ1n) is 5.79. The minimum absolute atomic E-state index is 0.284. The molecule has 0 atom stereocenters. The molecule has 1 heterocycles. The Hall–Kier alpha value is -2.08. The molecule has 0 bridgehead atoms. The summed E-state index contributed by atoms with van der Waals surface area (Å²) in [4.78, 5) is 16.3. The van der Waals surface area contributed by atoms with Crippen molar-refractivity contribution in [2.24, 2.45) is 0 Å². The van der Waals surface area contributed by atoms with Gasteiger partial charge in [0.1, 0.15) is 21.9 Å². The number of amides is 1. The Morgan fingerprint density at radius 1 is 1.15 bits per heavy atom. The van der Waals surface area contributed by atoms with Gasteiger partial charge in [0.2, 0.25) is 0 Å². The molecule has 20 heavy (non-hydrogen) atoms. The minimum Gasteiger partial charge on any atom is -0.497 e. The summed E-state index contributed by atoms with van der Waals surface area (Å²) in [6.07, 6.45) is 0. The van der Waals surface area contributed by atoms with Gasteiger partial charge in [0.05, 0.1) is 14.2 Å². The Morgan fingerprint density at radius 2 is 1.80 bits per heavy atom. The van der Waals surface area contributed by atoms with E-state index in [1.54, 1.807) is 36.4 Å². The highest BCUT2D eigenvalue weighted by Crippen LogP contribution is 2.23. The lowest BCUT2D eigenvalue weighted by molar-refractivity contribution is 0.102. The van der Waals surface area contributed by atoms with E-state index in [2.05, 4.69) is 26.2 Å². The van der Waals surface area contributed by atoms with Gasteiger partial charge in [0, 0.05) is 11.6 Å². The third-order valence-electron chi connectivity index (χ3n) is 2.57. The Kier molecular flexibility index (Phi) is 4.57. The zero-order valence-electron chi connectivity index (χ0n) is 11.0. The molecular weight excluding hydrogens is 324 g/mol. The number of nitrogens with one attached hydrogen (secondary N) is 1. The molecule has 0 radical (unpaired) electrons. The normalized spacial score (nSPS) is 9.95. The standard InChI is InChI=1S/C14H13BrN2O3/c1-19-10-6-9(7-11(8-10)20-2)14(18)17-13-5-3-4-12(15)16-13/h3-8H,1-2H3,(H,16,17,18). The molecule has 0 aliphatic heterocycles. The second kappa shape index (κ2) is 6.38. The highest BCUT2D eigenvalue weighted by Gasteiger charge is 2.10. The maximum absolute atomic E-state index is 12.2. The Balaban J connectivity index is 2.24. The molecule has 1 amide bonds. The third kappa shape index (κ3) is 3.48. The van der Waals surface area contributed by atoms with E-state index in [1.807, 2.05) is 0 Å². The number of halogens is 1. The number of anilines is 1. The second-order valence-electron chi connectivity index (χ2n) is 3.90. The first kappa shape index (κ1) is 14.3. The van der Waals surface area contributed by atoms with Crippen LogP contribution in [0.2, 0.25) is 0 Å². The molecule has 2 aromatic rings. The SMILES string of the molecule is COc1cc(OC)cc(C(=O)Nc2cccc(Br)n2)c1. The van der Waals surface area contributed by atoms with Crippen molar-refractivity contribution in [3.05, 3.63) is 46.6 Å². The largest absolute Gasteiger partial charge is 0.497 e. The molecule has 0 saturated carbocycles. The van der Waals surface area contributed by atoms with Crippen LogP contribution in [0.5, 0.6) is 11.5 Å². The quantitative estimate of drug-likeness (QED) is 0.871. The van der Waals surface area contributed by atoms with Crippen molar-refractivity contribution in [2.75, 3.05) is 19.5 Å². The lowest BCUT2D eigenvalue weighted by Crippen LogP contribution is -2.13. The van der Waals surface area contributed by atoms with Gasteiger partial charge in [-0.3, -0.25) is 4.79 Å². The fraction of sp³-hybridized carbons (Fsp3) is 0.143. The third-order valence-corrected chi connectivity index (χ3v) is 3.01. The van der Waals surface area contributed by atoms with Crippen molar-refractivity contribution in [1.82, 2.24) is 4.98 Å². The van der Waals surface area contributed by atoms with E-state index in [0.717, 1.165) is 0 Å². The number of methoxy groups -OCH3 is 2. The maximum atomic E-state index is 12.2. The average molecular weight is 337 g/mol. The van der Waals surface area contributed by atoms with Crippen LogP contribution in [0.3, 0.4) is 0 Å². The van der Waals surface area contributed by atoms with Gasteiger partial charge in [-0.1, -0.05) is 6.07 Å². The molecule has 1 aromatic heterocycles. The van der Waals surface area contributed by atoms with Gasteiger partial charge < -0.3 is 14.8 Å². The van der Waals surface area contributed by atoms with E-state index in [4.69, 9.17) is 9.47 Å². The predicted molar refractivity (Wildman–Crippen MR) is 79.4 cm³/mol. The van der Waals surface area contributed by atoms with Gasteiger partial charge in [-0.05, 0) is 40.2 Å². The topological polar surface area (TPSA) is 60.5 Å². The summed E-state index contributed by atoms with van der Waals surface area (Å²) in [5.74, 6) is 1.28. The summed E-state index contributed by atoms with van der Waals surface area (Å²) in [5.41, 5.74) is 0.433. The van der Waals surface area contributed by atoms with E-state index in [1.165, 1.54) is 14.2 Å². The summed E-state index contributed by atoms with van der Waals surface area (Å²) in [6, 6.07) is 10.3. The van der Waals surface area contributed by atoms with Crippen molar-refractivity contribution in [2.45, 2.75) is 0 Å². The number of nitrogens with zero attached hydrogens (tertiary/aromatic N) is 1. The van der Waals surface area contributed by atoms with Crippen LogP contribution in [0.25, 0.3) is 0 Å².